The summed E-state index contributed by atoms with van der Waals surface area (Å²) in [5, 5.41) is 13.8. The van der Waals surface area contributed by atoms with Crippen molar-refractivity contribution < 1.29 is 14.7 Å². The van der Waals surface area contributed by atoms with Gasteiger partial charge in [-0.15, -0.1) is 0 Å². The summed E-state index contributed by atoms with van der Waals surface area (Å²) < 4.78 is 1.74. The van der Waals surface area contributed by atoms with Gasteiger partial charge in [0.15, 0.2) is 5.69 Å². The van der Waals surface area contributed by atoms with Crippen LogP contribution in [0.5, 0.6) is 0 Å². The number of aliphatic carboxylic acids is 1. The van der Waals surface area contributed by atoms with E-state index in [0.717, 1.165) is 35.3 Å². The summed E-state index contributed by atoms with van der Waals surface area (Å²) in [7, 11) is 0. The van der Waals surface area contributed by atoms with Crippen molar-refractivity contribution in [3.05, 3.63) is 46.8 Å². The Kier molecular flexibility index (Phi) is 4.61. The Morgan fingerprint density at radius 2 is 1.76 bits per heavy atom. The Morgan fingerprint density at radius 3 is 2.40 bits per heavy atom. The van der Waals surface area contributed by atoms with Gasteiger partial charge >= 0.3 is 5.97 Å². The van der Waals surface area contributed by atoms with Crippen molar-refractivity contribution in [3.63, 3.8) is 0 Å². The SMILES string of the molecule is Cc1cc(C)cc(-n2nc(C(=O)N3CCCC[C@@H]3C(=O)O)cc2C)c1. The fourth-order valence-corrected chi connectivity index (χ4v) is 3.49. The van der Waals surface area contributed by atoms with Crippen LogP contribution in [0.4, 0.5) is 0 Å². The molecule has 0 spiro atoms. The van der Waals surface area contributed by atoms with E-state index in [1.165, 1.54) is 4.90 Å². The van der Waals surface area contributed by atoms with Gasteiger partial charge in [0.2, 0.25) is 0 Å². The molecule has 1 aliphatic rings. The zero-order chi connectivity index (χ0) is 18.1. The summed E-state index contributed by atoms with van der Waals surface area (Å²) in [5.74, 6) is -1.25. The molecule has 1 atom stereocenters. The summed E-state index contributed by atoms with van der Waals surface area (Å²) in [6, 6.07) is 7.09. The number of hydrogen-bond acceptors (Lipinski definition) is 3. The van der Waals surface area contributed by atoms with Gasteiger partial charge in [-0.05, 0) is 69.4 Å². The minimum Gasteiger partial charge on any atom is -0.480 e. The molecule has 3 rings (SSSR count). The number of piperidine rings is 1. The number of likely N-dealkylation sites (tertiary alicyclic amines) is 1. The highest BCUT2D eigenvalue weighted by molar-refractivity contribution is 5.95. The molecule has 0 saturated carbocycles. The molecule has 0 aliphatic carbocycles. The molecule has 2 heterocycles. The number of hydrogen-bond donors (Lipinski definition) is 1. The van der Waals surface area contributed by atoms with Gasteiger partial charge in [-0.25, -0.2) is 9.48 Å². The van der Waals surface area contributed by atoms with Crippen molar-refractivity contribution in [2.75, 3.05) is 6.54 Å². The van der Waals surface area contributed by atoms with Crippen molar-refractivity contribution >= 4 is 11.9 Å². The van der Waals surface area contributed by atoms with Gasteiger partial charge in [-0.1, -0.05) is 6.07 Å². The molecule has 1 saturated heterocycles. The van der Waals surface area contributed by atoms with E-state index in [1.807, 2.05) is 32.9 Å². The minimum absolute atomic E-state index is 0.296. The lowest BCUT2D eigenvalue weighted by atomic mass is 10.0. The van der Waals surface area contributed by atoms with Crippen LogP contribution in [0.15, 0.2) is 24.3 Å². The van der Waals surface area contributed by atoms with Gasteiger partial charge in [-0.2, -0.15) is 5.10 Å². The average Bonchev–Trinajstić information content (AvgIpc) is 2.95. The third-order valence-electron chi connectivity index (χ3n) is 4.61. The number of rotatable bonds is 3. The Balaban J connectivity index is 1.93. The van der Waals surface area contributed by atoms with Crippen LogP contribution in [-0.2, 0) is 4.79 Å². The number of carboxylic acid groups (broad SMARTS) is 1. The number of benzene rings is 1. The number of aryl methyl sites for hydroxylation is 3. The van der Waals surface area contributed by atoms with E-state index in [-0.39, 0.29) is 5.91 Å². The molecule has 2 aromatic rings. The van der Waals surface area contributed by atoms with Crippen LogP contribution in [0.1, 0.15) is 46.6 Å². The second-order valence-electron chi connectivity index (χ2n) is 6.78. The summed E-state index contributed by atoms with van der Waals surface area (Å²) in [4.78, 5) is 25.7. The maximum absolute atomic E-state index is 12.8. The maximum atomic E-state index is 12.8. The second kappa shape index (κ2) is 6.70. The predicted molar refractivity (Wildman–Crippen MR) is 94.1 cm³/mol. The van der Waals surface area contributed by atoms with Gasteiger partial charge in [0.1, 0.15) is 6.04 Å². The smallest absolute Gasteiger partial charge is 0.326 e. The summed E-state index contributed by atoms with van der Waals surface area (Å²) in [6.07, 6.45) is 2.15. The van der Waals surface area contributed by atoms with Gasteiger partial charge < -0.3 is 10.0 Å². The van der Waals surface area contributed by atoms with E-state index >= 15 is 0 Å². The molecule has 132 valence electrons. The Bertz CT molecular complexity index is 805. The van der Waals surface area contributed by atoms with Crippen LogP contribution in [0, 0.1) is 20.8 Å². The topological polar surface area (TPSA) is 75.4 Å². The highest BCUT2D eigenvalue weighted by Gasteiger charge is 2.33. The first-order valence-corrected chi connectivity index (χ1v) is 8.56. The molecule has 1 fully saturated rings. The van der Waals surface area contributed by atoms with Crippen molar-refractivity contribution in [1.29, 1.82) is 0 Å². The van der Waals surface area contributed by atoms with Gasteiger partial charge in [0.25, 0.3) is 5.91 Å². The fourth-order valence-electron chi connectivity index (χ4n) is 3.49. The minimum atomic E-state index is -0.946. The van der Waals surface area contributed by atoms with E-state index in [1.54, 1.807) is 10.7 Å². The van der Waals surface area contributed by atoms with Crippen molar-refractivity contribution in [2.45, 2.75) is 46.1 Å². The normalized spacial score (nSPS) is 17.6. The molecule has 0 bridgehead atoms. The first-order chi connectivity index (χ1) is 11.9. The van der Waals surface area contributed by atoms with Crippen LogP contribution in [0.25, 0.3) is 5.69 Å². The van der Waals surface area contributed by atoms with Crippen LogP contribution >= 0.6 is 0 Å². The lowest BCUT2D eigenvalue weighted by Gasteiger charge is -2.32. The summed E-state index contributed by atoms with van der Waals surface area (Å²) >= 11 is 0. The molecule has 1 amide bonds. The lowest BCUT2D eigenvalue weighted by molar-refractivity contribution is -0.143. The van der Waals surface area contributed by atoms with Crippen molar-refractivity contribution in [2.24, 2.45) is 0 Å². The molecule has 1 aromatic carbocycles. The number of carbonyl (C=O) groups excluding carboxylic acids is 1. The number of carbonyl (C=O) groups is 2. The third-order valence-corrected chi connectivity index (χ3v) is 4.61. The average molecular weight is 341 g/mol. The van der Waals surface area contributed by atoms with E-state index in [2.05, 4.69) is 11.2 Å². The van der Waals surface area contributed by atoms with Crippen LogP contribution in [-0.4, -0.2) is 44.3 Å². The van der Waals surface area contributed by atoms with Crippen molar-refractivity contribution in [3.8, 4) is 5.69 Å². The van der Waals surface area contributed by atoms with Gasteiger partial charge in [-0.3, -0.25) is 4.79 Å². The molecular weight excluding hydrogens is 318 g/mol. The molecule has 25 heavy (non-hydrogen) atoms. The molecule has 6 nitrogen and oxygen atoms in total. The van der Waals surface area contributed by atoms with Crippen molar-refractivity contribution in [1.82, 2.24) is 14.7 Å². The Labute approximate surface area is 147 Å². The molecular formula is C19H23N3O3. The summed E-state index contributed by atoms with van der Waals surface area (Å²) in [6.45, 7) is 6.40. The lowest BCUT2D eigenvalue weighted by Crippen LogP contribution is -2.48. The fraction of sp³-hybridized carbons (Fsp3) is 0.421. The van der Waals surface area contributed by atoms with E-state index in [0.29, 0.717) is 18.7 Å². The predicted octanol–water partition coefficient (Wildman–Crippen LogP) is 2.88. The molecule has 1 aliphatic heterocycles. The molecule has 1 N–H and O–H groups in total. The standard InChI is InChI=1S/C19H23N3O3/c1-12-8-13(2)10-15(9-12)22-14(3)11-16(20-22)18(23)21-7-5-4-6-17(21)19(24)25/h8-11,17H,4-7H2,1-3H3,(H,24,25)/t17-/m1/s1. The van der Waals surface area contributed by atoms with Crippen LogP contribution in [0.2, 0.25) is 0 Å². The maximum Gasteiger partial charge on any atom is 0.326 e. The van der Waals surface area contributed by atoms with E-state index in [9.17, 15) is 14.7 Å². The number of carboxylic acids is 1. The van der Waals surface area contributed by atoms with Crippen LogP contribution in [0.3, 0.4) is 0 Å². The zero-order valence-corrected chi connectivity index (χ0v) is 14.8. The molecule has 1 aromatic heterocycles. The van der Waals surface area contributed by atoms with Gasteiger partial charge in [0, 0.05) is 12.2 Å². The first kappa shape index (κ1) is 17.2. The number of amides is 1. The first-order valence-electron chi connectivity index (χ1n) is 8.56. The number of nitrogens with zero attached hydrogens (tertiary/aromatic N) is 3. The van der Waals surface area contributed by atoms with E-state index < -0.39 is 12.0 Å². The van der Waals surface area contributed by atoms with E-state index in [4.69, 9.17) is 0 Å². The second-order valence-corrected chi connectivity index (χ2v) is 6.78. The zero-order valence-electron chi connectivity index (χ0n) is 14.8. The molecule has 6 heteroatoms. The monoisotopic (exact) mass is 341 g/mol. The highest BCUT2D eigenvalue weighted by Crippen LogP contribution is 2.21. The molecule has 0 radical (unpaired) electrons. The van der Waals surface area contributed by atoms with Gasteiger partial charge in [0.05, 0.1) is 5.69 Å². The largest absolute Gasteiger partial charge is 0.480 e. The molecule has 0 unspecified atom stereocenters. The quantitative estimate of drug-likeness (QED) is 0.931. The highest BCUT2D eigenvalue weighted by atomic mass is 16.4. The van der Waals surface area contributed by atoms with Crippen LogP contribution < -0.4 is 0 Å². The number of aromatic nitrogens is 2. The Morgan fingerprint density at radius 1 is 1.08 bits per heavy atom. The Hall–Kier alpha value is -2.63. The third kappa shape index (κ3) is 3.43. The summed E-state index contributed by atoms with van der Waals surface area (Å²) in [5.41, 5.74) is 4.30.